The predicted octanol–water partition coefficient (Wildman–Crippen LogP) is 6.17. The minimum atomic E-state index is -0.934. The van der Waals surface area contributed by atoms with E-state index in [0.717, 1.165) is 49.7 Å². The summed E-state index contributed by atoms with van der Waals surface area (Å²) in [6, 6.07) is 13.5. The molecule has 2 aromatic carbocycles. The normalized spacial score (nSPS) is 30.3. The number of methoxy groups -OCH3 is 1. The maximum atomic E-state index is 14.6. The van der Waals surface area contributed by atoms with Crippen molar-refractivity contribution in [2.24, 2.45) is 17.3 Å². The van der Waals surface area contributed by atoms with Gasteiger partial charge in [-0.05, 0) is 106 Å². The van der Waals surface area contributed by atoms with Gasteiger partial charge in [-0.25, -0.2) is 9.59 Å². The molecule has 4 aliphatic carbocycles. The van der Waals surface area contributed by atoms with Crippen molar-refractivity contribution in [2.45, 2.75) is 102 Å². The molecule has 2 aromatic rings. The van der Waals surface area contributed by atoms with Gasteiger partial charge in [-0.2, -0.15) is 0 Å². The number of amides is 2. The molecule has 4 saturated carbocycles. The molecule has 8 rings (SSSR count). The van der Waals surface area contributed by atoms with Crippen molar-refractivity contribution in [1.82, 2.24) is 9.80 Å². The van der Waals surface area contributed by atoms with E-state index in [4.69, 9.17) is 18.9 Å². The Morgan fingerprint density at radius 3 is 2.52 bits per heavy atom. The third kappa shape index (κ3) is 6.29. The van der Waals surface area contributed by atoms with Crippen LogP contribution in [0.1, 0.15) is 76.8 Å². The summed E-state index contributed by atoms with van der Waals surface area (Å²) >= 11 is 0. The van der Waals surface area contributed by atoms with E-state index in [0.29, 0.717) is 23.8 Å². The fourth-order valence-corrected chi connectivity index (χ4v) is 8.61. The standard InChI is InChI=1S/C37H48N2O7/c1-35(2,3)46-34(42)39(5)28-19-27-16-26-14-15-37(22-36(27,20-26)23-37)45-31-18-25(12-13-30(31)43-6)17-29(38(4)32(28)40)33(41)44-21-24-10-8-7-9-11-24/h7-13,18,26-29H,14-17,19-23H2,1-6H3. The SMILES string of the molecule is COc1ccc2cc1OC13CCC4CC(CC(N(C)C(=O)OC(C)(C)C)C(=O)N(C)C(C(=O)OCc5ccccc5)C2)C(C4)(C1)C3. The van der Waals surface area contributed by atoms with Crippen LogP contribution in [0, 0.1) is 17.3 Å². The first kappa shape index (κ1) is 32.2. The van der Waals surface area contributed by atoms with Crippen molar-refractivity contribution in [3.8, 4) is 11.5 Å². The van der Waals surface area contributed by atoms with Crippen LogP contribution in [0.25, 0.3) is 0 Å². The van der Waals surface area contributed by atoms with E-state index in [-0.39, 0.29) is 35.9 Å². The Labute approximate surface area is 272 Å². The number of ether oxygens (including phenoxy) is 4. The quantitative estimate of drug-likeness (QED) is 0.364. The average molecular weight is 633 g/mol. The number of hydrogen-bond donors (Lipinski definition) is 0. The van der Waals surface area contributed by atoms with E-state index < -0.39 is 29.7 Å². The smallest absolute Gasteiger partial charge is 0.410 e. The molecule has 4 unspecified atom stereocenters. The van der Waals surface area contributed by atoms with Crippen LogP contribution in [0.4, 0.5) is 4.79 Å². The molecule has 4 fully saturated rings. The molecule has 2 heterocycles. The highest BCUT2D eigenvalue weighted by molar-refractivity contribution is 5.90. The van der Waals surface area contributed by atoms with Gasteiger partial charge in [-0.1, -0.05) is 36.4 Å². The number of carbonyl (C=O) groups excluding carboxylic acids is 3. The van der Waals surface area contributed by atoms with Gasteiger partial charge in [0.15, 0.2) is 11.5 Å². The van der Waals surface area contributed by atoms with E-state index in [2.05, 4.69) is 0 Å². The molecule has 2 aliphatic heterocycles. The van der Waals surface area contributed by atoms with Crippen LogP contribution in [0.2, 0.25) is 0 Å². The molecule has 0 N–H and O–H groups in total. The maximum Gasteiger partial charge on any atom is 0.410 e. The molecule has 2 amide bonds. The predicted molar refractivity (Wildman–Crippen MR) is 172 cm³/mol. The van der Waals surface area contributed by atoms with Gasteiger partial charge in [0, 0.05) is 20.5 Å². The minimum Gasteiger partial charge on any atom is -0.493 e. The summed E-state index contributed by atoms with van der Waals surface area (Å²) < 4.78 is 24.2. The number of fused-ring (bicyclic) bond motifs is 6. The molecule has 0 radical (unpaired) electrons. The minimum absolute atomic E-state index is 0.0516. The number of hydrogen-bond acceptors (Lipinski definition) is 7. The molecule has 9 nitrogen and oxygen atoms in total. The van der Waals surface area contributed by atoms with Crippen molar-refractivity contribution in [3.63, 3.8) is 0 Å². The fraction of sp³-hybridized carbons (Fsp3) is 0.595. The second kappa shape index (κ2) is 12.1. The molecule has 5 bridgehead atoms. The summed E-state index contributed by atoms with van der Waals surface area (Å²) in [6.45, 7) is 5.54. The molecule has 4 atom stereocenters. The fourth-order valence-electron chi connectivity index (χ4n) is 8.61. The molecular weight excluding hydrogens is 584 g/mol. The molecule has 9 heteroatoms. The monoisotopic (exact) mass is 632 g/mol. The molecule has 248 valence electrons. The van der Waals surface area contributed by atoms with E-state index in [9.17, 15) is 14.4 Å². The van der Waals surface area contributed by atoms with Gasteiger partial charge < -0.3 is 23.8 Å². The van der Waals surface area contributed by atoms with E-state index in [1.807, 2.05) is 69.3 Å². The topological polar surface area (TPSA) is 94.6 Å². The Bertz CT molecular complexity index is 1460. The number of rotatable bonds is 5. The summed E-state index contributed by atoms with van der Waals surface area (Å²) in [4.78, 5) is 44.9. The van der Waals surface area contributed by atoms with Crippen molar-refractivity contribution in [3.05, 3.63) is 59.7 Å². The molecule has 1 spiro atoms. The van der Waals surface area contributed by atoms with E-state index in [1.54, 1.807) is 21.2 Å². The average Bonchev–Trinajstić information content (AvgIpc) is 3.17. The lowest BCUT2D eigenvalue weighted by molar-refractivity contribution is -0.158. The Morgan fingerprint density at radius 1 is 1.09 bits per heavy atom. The molecular formula is C37H48N2O7. The zero-order valence-electron chi connectivity index (χ0n) is 28.0. The summed E-state index contributed by atoms with van der Waals surface area (Å²) in [6.07, 6.45) is 6.21. The zero-order chi connectivity index (χ0) is 32.9. The van der Waals surface area contributed by atoms with Gasteiger partial charge in [0.1, 0.15) is 29.9 Å². The number of benzene rings is 2. The van der Waals surface area contributed by atoms with Crippen molar-refractivity contribution < 1.29 is 33.3 Å². The lowest BCUT2D eigenvalue weighted by Gasteiger charge is -2.57. The third-order valence-corrected chi connectivity index (χ3v) is 10.8. The lowest BCUT2D eigenvalue weighted by Crippen LogP contribution is -2.59. The Kier molecular flexibility index (Phi) is 8.49. The van der Waals surface area contributed by atoms with Crippen LogP contribution >= 0.6 is 0 Å². The number of likely N-dealkylation sites (N-methyl/N-ethyl adjacent to an activating group) is 2. The molecule has 0 aromatic heterocycles. The number of carbonyl (C=O) groups is 3. The molecule has 0 saturated heterocycles. The van der Waals surface area contributed by atoms with E-state index in [1.165, 1.54) is 9.80 Å². The Morgan fingerprint density at radius 2 is 1.83 bits per heavy atom. The van der Waals surface area contributed by atoms with Gasteiger partial charge in [0.25, 0.3) is 0 Å². The lowest BCUT2D eigenvalue weighted by atomic mass is 9.53. The zero-order valence-corrected chi connectivity index (χ0v) is 28.0. The third-order valence-electron chi connectivity index (χ3n) is 10.8. The highest BCUT2D eigenvalue weighted by atomic mass is 16.6. The number of nitrogens with zero attached hydrogens (tertiary/aromatic N) is 2. The summed E-state index contributed by atoms with van der Waals surface area (Å²) in [5.74, 6) is 1.32. The van der Waals surface area contributed by atoms with Gasteiger partial charge in [0.2, 0.25) is 5.91 Å². The van der Waals surface area contributed by atoms with Gasteiger partial charge >= 0.3 is 12.1 Å². The second-order valence-electron chi connectivity index (χ2n) is 15.1. The van der Waals surface area contributed by atoms with Crippen LogP contribution in [0.3, 0.4) is 0 Å². The first-order valence-corrected chi connectivity index (χ1v) is 16.6. The van der Waals surface area contributed by atoms with Gasteiger partial charge in [-0.15, -0.1) is 0 Å². The Balaban J connectivity index is 1.39. The molecule has 46 heavy (non-hydrogen) atoms. The summed E-state index contributed by atoms with van der Waals surface area (Å²) in [7, 11) is 4.93. The molecule has 6 aliphatic rings. The second-order valence-corrected chi connectivity index (χ2v) is 15.1. The van der Waals surface area contributed by atoms with Crippen LogP contribution in [-0.4, -0.2) is 72.3 Å². The number of esters is 1. The summed E-state index contributed by atoms with van der Waals surface area (Å²) in [5, 5.41) is 0. The van der Waals surface area contributed by atoms with Crippen LogP contribution in [-0.2, 0) is 32.1 Å². The first-order valence-electron chi connectivity index (χ1n) is 16.6. The Hall–Kier alpha value is -3.75. The van der Waals surface area contributed by atoms with Crippen molar-refractivity contribution in [1.29, 1.82) is 0 Å². The van der Waals surface area contributed by atoms with Crippen LogP contribution in [0.15, 0.2) is 48.5 Å². The maximum absolute atomic E-state index is 14.6. The first-order chi connectivity index (χ1) is 21.8. The summed E-state index contributed by atoms with van der Waals surface area (Å²) in [5.41, 5.74) is 0.724. The van der Waals surface area contributed by atoms with E-state index >= 15 is 0 Å². The van der Waals surface area contributed by atoms with Crippen molar-refractivity contribution >= 4 is 18.0 Å². The van der Waals surface area contributed by atoms with Crippen molar-refractivity contribution in [2.75, 3.05) is 21.2 Å². The van der Waals surface area contributed by atoms with Crippen LogP contribution < -0.4 is 9.47 Å². The highest BCUT2D eigenvalue weighted by Gasteiger charge is 2.65. The van der Waals surface area contributed by atoms with Gasteiger partial charge in [-0.3, -0.25) is 9.69 Å². The largest absolute Gasteiger partial charge is 0.493 e. The van der Waals surface area contributed by atoms with Gasteiger partial charge in [0.05, 0.1) is 7.11 Å². The highest BCUT2D eigenvalue weighted by Crippen LogP contribution is 2.69. The van der Waals surface area contributed by atoms with Crippen LogP contribution in [0.5, 0.6) is 11.5 Å².